The molecule has 0 spiro atoms. The normalized spacial score (nSPS) is 35.6. The van der Waals surface area contributed by atoms with Crippen LogP contribution in [0.3, 0.4) is 0 Å². The third-order valence-corrected chi connectivity index (χ3v) is 11.2. The molecule has 188 valence electrons. The molecular weight excluding hydrogens is 446 g/mol. The molecule has 0 nitrogen and oxygen atoms in total. The highest BCUT2D eigenvalue weighted by molar-refractivity contribution is 7.40. The van der Waals surface area contributed by atoms with Gasteiger partial charge in [-0.2, -0.15) is 0 Å². The topological polar surface area (TPSA) is 0 Å². The number of rotatable bonds is 6. The van der Waals surface area contributed by atoms with Gasteiger partial charge in [-0.1, -0.05) is 96.9 Å². The molecule has 0 radical (unpaired) electrons. The molecule has 8 unspecified atom stereocenters. The van der Waals surface area contributed by atoms with E-state index in [2.05, 4.69) is 109 Å². The molecule has 0 heterocycles. The van der Waals surface area contributed by atoms with Crippen molar-refractivity contribution in [2.24, 2.45) is 52.3 Å². The van der Waals surface area contributed by atoms with E-state index >= 15 is 0 Å². The summed E-state index contributed by atoms with van der Waals surface area (Å²) in [6, 6.07) is 0. The van der Waals surface area contributed by atoms with Crippen molar-refractivity contribution < 1.29 is 0 Å². The van der Waals surface area contributed by atoms with Crippen molar-refractivity contribution in [3.8, 4) is 0 Å². The average Bonchev–Trinajstić information content (AvgIpc) is 3.35. The Morgan fingerprint density at radius 2 is 1.38 bits per heavy atom. The van der Waals surface area contributed by atoms with Gasteiger partial charge in [-0.15, -0.1) is 25.1 Å². The maximum atomic E-state index is 3.93. The highest BCUT2D eigenvalue weighted by Gasteiger charge is 2.56. The van der Waals surface area contributed by atoms with Crippen LogP contribution in [0.4, 0.5) is 0 Å². The van der Waals surface area contributed by atoms with Crippen LogP contribution in [0.25, 0.3) is 0 Å². The fraction of sp³-hybridized carbons (Fsp3) is 0.688. The molecule has 0 aromatic rings. The van der Waals surface area contributed by atoms with Gasteiger partial charge in [0, 0.05) is 4.90 Å². The Bertz CT molecular complexity index is 833. The summed E-state index contributed by atoms with van der Waals surface area (Å²) in [5.41, 5.74) is 3.47. The SMILES string of the molecule is C=CCCCC1CCC(C(P)(P)C2C3C=C(C(C)(C)C)C=CC3[C@@H]3C=CC(C(C)(C)C)=CC23)C1. The van der Waals surface area contributed by atoms with Crippen LogP contribution < -0.4 is 0 Å². The predicted molar refractivity (Wildman–Crippen MR) is 158 cm³/mol. The van der Waals surface area contributed by atoms with Gasteiger partial charge in [0.15, 0.2) is 0 Å². The highest BCUT2D eigenvalue weighted by atomic mass is 31.1. The number of unbranched alkanes of at least 4 members (excludes halogenated alkanes) is 1. The zero-order valence-corrected chi connectivity index (χ0v) is 25.0. The molecule has 0 bridgehead atoms. The Hall–Kier alpha value is -0.440. The van der Waals surface area contributed by atoms with Crippen LogP contribution in [-0.4, -0.2) is 4.90 Å². The van der Waals surface area contributed by atoms with Crippen molar-refractivity contribution in [1.29, 1.82) is 0 Å². The lowest BCUT2D eigenvalue weighted by atomic mass is 9.72. The quantitative estimate of drug-likeness (QED) is 0.195. The molecule has 4 rings (SSSR count). The zero-order chi connectivity index (χ0) is 24.9. The molecule has 0 N–H and O–H groups in total. The van der Waals surface area contributed by atoms with Crippen molar-refractivity contribution in [2.75, 3.05) is 0 Å². The summed E-state index contributed by atoms with van der Waals surface area (Å²) in [5, 5.41) is 0. The summed E-state index contributed by atoms with van der Waals surface area (Å²) in [4.78, 5) is 0.185. The van der Waals surface area contributed by atoms with Crippen LogP contribution in [-0.2, 0) is 0 Å². The lowest BCUT2D eigenvalue weighted by Gasteiger charge is -2.44. The van der Waals surface area contributed by atoms with E-state index in [0.717, 1.165) is 11.8 Å². The minimum absolute atomic E-state index is 0.185. The van der Waals surface area contributed by atoms with Gasteiger partial charge in [-0.25, -0.2) is 0 Å². The molecule has 34 heavy (non-hydrogen) atoms. The van der Waals surface area contributed by atoms with Crippen LogP contribution in [0.5, 0.6) is 0 Å². The maximum absolute atomic E-state index is 3.93. The molecule has 2 saturated carbocycles. The summed E-state index contributed by atoms with van der Waals surface area (Å²) in [7, 11) is 6.86. The fourth-order valence-corrected chi connectivity index (χ4v) is 8.92. The lowest BCUT2D eigenvalue weighted by molar-refractivity contribution is 0.269. The van der Waals surface area contributed by atoms with Crippen molar-refractivity contribution in [2.45, 2.75) is 85.0 Å². The van der Waals surface area contributed by atoms with E-state index in [0.29, 0.717) is 29.6 Å². The molecule has 2 fully saturated rings. The maximum Gasteiger partial charge on any atom is 0.00605 e. The van der Waals surface area contributed by atoms with E-state index in [-0.39, 0.29) is 15.7 Å². The summed E-state index contributed by atoms with van der Waals surface area (Å²) < 4.78 is 0. The predicted octanol–water partition coefficient (Wildman–Crippen LogP) is 9.38. The van der Waals surface area contributed by atoms with Gasteiger partial charge < -0.3 is 0 Å². The molecule has 0 aliphatic heterocycles. The Morgan fingerprint density at radius 1 is 0.853 bits per heavy atom. The van der Waals surface area contributed by atoms with Crippen LogP contribution >= 0.6 is 18.5 Å². The van der Waals surface area contributed by atoms with Gasteiger partial charge in [0.1, 0.15) is 0 Å². The van der Waals surface area contributed by atoms with E-state index in [1.807, 2.05) is 0 Å². The minimum atomic E-state index is 0.185. The van der Waals surface area contributed by atoms with Crippen molar-refractivity contribution in [3.63, 3.8) is 0 Å². The smallest absolute Gasteiger partial charge is 0.00605 e. The van der Waals surface area contributed by atoms with Gasteiger partial charge in [0.2, 0.25) is 0 Å². The van der Waals surface area contributed by atoms with Crippen molar-refractivity contribution in [3.05, 3.63) is 60.3 Å². The van der Waals surface area contributed by atoms with Gasteiger partial charge in [-0.05, 0) is 89.1 Å². The second kappa shape index (κ2) is 9.79. The Kier molecular flexibility index (Phi) is 7.66. The Morgan fingerprint density at radius 3 is 1.85 bits per heavy atom. The van der Waals surface area contributed by atoms with E-state index in [9.17, 15) is 0 Å². The van der Waals surface area contributed by atoms with Crippen LogP contribution in [0.2, 0.25) is 0 Å². The van der Waals surface area contributed by atoms with Crippen LogP contribution in [0, 0.1) is 52.3 Å². The third kappa shape index (κ3) is 5.16. The van der Waals surface area contributed by atoms with Gasteiger partial charge >= 0.3 is 0 Å². The van der Waals surface area contributed by atoms with Crippen LogP contribution in [0.1, 0.15) is 80.1 Å². The number of fused-ring (bicyclic) bond motifs is 3. The monoisotopic (exact) mass is 496 g/mol. The Balaban J connectivity index is 1.68. The minimum Gasteiger partial charge on any atom is -0.126 e. The zero-order valence-electron chi connectivity index (χ0n) is 22.7. The molecular formula is C32H50P2. The van der Waals surface area contributed by atoms with Gasteiger partial charge in [-0.3, -0.25) is 0 Å². The standard InChI is InChI=1S/C32H50P2/c1-8-9-10-11-21-12-13-24(18-21)32(33,34)29-27-19-22(30(2,3)4)14-16-25(27)26-17-15-23(20-28(26)29)31(5,6)7/h8,14-17,19-21,24-29H,1,9-13,18,33-34H2,2-7H3/t21?,24?,25-,26?,27?,28?,29?/m0/s1. The molecule has 2 heteroatoms. The number of allylic oxidation sites excluding steroid dienone is 9. The second-order valence-electron chi connectivity index (χ2n) is 13.9. The van der Waals surface area contributed by atoms with E-state index in [4.69, 9.17) is 0 Å². The fourth-order valence-electron chi connectivity index (χ4n) is 7.43. The molecule has 0 amide bonds. The first kappa shape index (κ1) is 26.6. The van der Waals surface area contributed by atoms with E-state index in [1.165, 1.54) is 49.7 Å². The molecule has 4 aliphatic carbocycles. The van der Waals surface area contributed by atoms with E-state index < -0.39 is 0 Å². The highest BCUT2D eigenvalue weighted by Crippen LogP contribution is 2.64. The van der Waals surface area contributed by atoms with Crippen LogP contribution in [0.15, 0.2) is 60.3 Å². The van der Waals surface area contributed by atoms with Crippen molar-refractivity contribution >= 4 is 18.5 Å². The average molecular weight is 497 g/mol. The first-order chi connectivity index (χ1) is 15.8. The molecule has 4 aliphatic rings. The Labute approximate surface area is 215 Å². The number of hydrogen-bond acceptors (Lipinski definition) is 0. The van der Waals surface area contributed by atoms with Gasteiger partial charge in [0.05, 0.1) is 0 Å². The summed E-state index contributed by atoms with van der Waals surface area (Å²) >= 11 is 0. The lowest BCUT2D eigenvalue weighted by Crippen LogP contribution is -2.39. The second-order valence-corrected chi connectivity index (χ2v) is 16.6. The number of hydrogen-bond donors (Lipinski definition) is 0. The summed E-state index contributed by atoms with van der Waals surface area (Å²) in [6.07, 6.45) is 25.6. The first-order valence-electron chi connectivity index (χ1n) is 13.8. The summed E-state index contributed by atoms with van der Waals surface area (Å²) in [6.45, 7) is 18.2. The largest absolute Gasteiger partial charge is 0.126 e. The molecule has 0 aromatic carbocycles. The summed E-state index contributed by atoms with van der Waals surface area (Å²) in [5.74, 6) is 4.79. The van der Waals surface area contributed by atoms with Crippen molar-refractivity contribution in [1.82, 2.24) is 0 Å². The first-order valence-corrected chi connectivity index (χ1v) is 15.0. The molecule has 9 atom stereocenters. The molecule has 0 saturated heterocycles. The van der Waals surface area contributed by atoms with E-state index in [1.54, 1.807) is 0 Å². The third-order valence-electron chi connectivity index (χ3n) is 9.48. The molecule has 0 aromatic heterocycles. The van der Waals surface area contributed by atoms with Gasteiger partial charge in [0.25, 0.3) is 0 Å².